The second-order valence-corrected chi connectivity index (χ2v) is 4.99. The smallest absolute Gasteiger partial charge is 0.0992 e. The predicted molar refractivity (Wildman–Crippen MR) is 75.7 cm³/mol. The molecule has 2 aromatic carbocycles. The van der Waals surface area contributed by atoms with Crippen molar-refractivity contribution in [3.05, 3.63) is 58.6 Å². The third-order valence-corrected chi connectivity index (χ3v) is 3.28. The van der Waals surface area contributed by atoms with Gasteiger partial charge in [0.25, 0.3) is 0 Å². The fourth-order valence-electron chi connectivity index (χ4n) is 1.88. The Morgan fingerprint density at radius 1 is 1.11 bits per heavy atom. The Bertz CT molecular complexity index is 609. The van der Waals surface area contributed by atoms with Crippen LogP contribution in [0, 0.1) is 11.3 Å². The van der Waals surface area contributed by atoms with Crippen LogP contribution in [0.25, 0.3) is 11.1 Å². The highest BCUT2D eigenvalue weighted by atomic mass is 35.5. The van der Waals surface area contributed by atoms with E-state index >= 15 is 0 Å². The van der Waals surface area contributed by atoms with Crippen molar-refractivity contribution < 1.29 is 0 Å². The number of nitriles is 1. The van der Waals surface area contributed by atoms with Crippen molar-refractivity contribution in [2.24, 2.45) is 0 Å². The minimum atomic E-state index is 0.488. The third-order valence-electron chi connectivity index (χ3n) is 2.96. The first-order valence-electron chi connectivity index (χ1n) is 5.92. The summed E-state index contributed by atoms with van der Waals surface area (Å²) in [4.78, 5) is 0. The minimum absolute atomic E-state index is 0.488. The molecule has 0 aromatic heterocycles. The molecule has 18 heavy (non-hydrogen) atoms. The fraction of sp³-hybridized carbons (Fsp3) is 0.188. The molecule has 0 radical (unpaired) electrons. The van der Waals surface area contributed by atoms with Gasteiger partial charge in [-0.2, -0.15) is 5.26 Å². The van der Waals surface area contributed by atoms with Gasteiger partial charge in [0.2, 0.25) is 0 Å². The van der Waals surface area contributed by atoms with E-state index in [2.05, 4.69) is 32.0 Å². The van der Waals surface area contributed by atoms with Gasteiger partial charge in [-0.15, -0.1) is 0 Å². The van der Waals surface area contributed by atoms with Gasteiger partial charge in [-0.25, -0.2) is 0 Å². The van der Waals surface area contributed by atoms with Crippen molar-refractivity contribution in [2.45, 2.75) is 19.8 Å². The maximum absolute atomic E-state index is 8.83. The van der Waals surface area contributed by atoms with E-state index in [1.165, 1.54) is 5.56 Å². The molecule has 0 fully saturated rings. The highest BCUT2D eigenvalue weighted by Crippen LogP contribution is 2.30. The first-order chi connectivity index (χ1) is 8.61. The lowest BCUT2D eigenvalue weighted by Gasteiger charge is -2.09. The quantitative estimate of drug-likeness (QED) is 0.741. The summed E-state index contributed by atoms with van der Waals surface area (Å²) in [5.41, 5.74) is 3.94. The number of benzene rings is 2. The average molecular weight is 256 g/mol. The Balaban J connectivity index is 2.49. The van der Waals surface area contributed by atoms with Crippen LogP contribution in [0.3, 0.4) is 0 Å². The maximum atomic E-state index is 8.83. The Labute approximate surface area is 113 Å². The standard InChI is InChI=1S/C16H14ClN/c1-11(2)13-4-3-5-14(9-13)15-7-6-12(10-18)8-16(15)17/h3-9,11H,1-2H3. The summed E-state index contributed by atoms with van der Waals surface area (Å²) in [6, 6.07) is 15.8. The number of nitrogens with zero attached hydrogens (tertiary/aromatic N) is 1. The number of rotatable bonds is 2. The molecule has 2 rings (SSSR count). The molecule has 0 saturated carbocycles. The zero-order chi connectivity index (χ0) is 13.1. The Morgan fingerprint density at radius 3 is 2.50 bits per heavy atom. The summed E-state index contributed by atoms with van der Waals surface area (Å²) in [6.45, 7) is 4.33. The summed E-state index contributed by atoms with van der Waals surface area (Å²) >= 11 is 6.22. The van der Waals surface area contributed by atoms with Crippen LogP contribution >= 0.6 is 11.6 Å². The monoisotopic (exact) mass is 255 g/mol. The van der Waals surface area contributed by atoms with Gasteiger partial charge in [-0.1, -0.05) is 55.8 Å². The first kappa shape index (κ1) is 12.7. The summed E-state index contributed by atoms with van der Waals surface area (Å²) in [5, 5.41) is 9.45. The average Bonchev–Trinajstić information content (AvgIpc) is 2.38. The number of halogens is 1. The first-order valence-corrected chi connectivity index (χ1v) is 6.29. The van der Waals surface area contributed by atoms with E-state index in [9.17, 15) is 0 Å². The SMILES string of the molecule is CC(C)c1cccc(-c2ccc(C#N)cc2Cl)c1. The lowest BCUT2D eigenvalue weighted by molar-refractivity contribution is 0.867. The van der Waals surface area contributed by atoms with Crippen molar-refractivity contribution in [2.75, 3.05) is 0 Å². The molecule has 0 aliphatic carbocycles. The van der Waals surface area contributed by atoms with Gasteiger partial charge < -0.3 is 0 Å². The zero-order valence-electron chi connectivity index (χ0n) is 10.4. The normalized spacial score (nSPS) is 10.4. The van der Waals surface area contributed by atoms with Crippen LogP contribution in [0.4, 0.5) is 0 Å². The van der Waals surface area contributed by atoms with Crippen molar-refractivity contribution in [1.29, 1.82) is 5.26 Å². The van der Waals surface area contributed by atoms with Crippen LogP contribution in [0.1, 0.15) is 30.9 Å². The summed E-state index contributed by atoms with van der Waals surface area (Å²) < 4.78 is 0. The molecule has 0 atom stereocenters. The number of hydrogen-bond donors (Lipinski definition) is 0. The van der Waals surface area contributed by atoms with Crippen LogP contribution in [0.15, 0.2) is 42.5 Å². The third kappa shape index (κ3) is 2.55. The molecule has 0 saturated heterocycles. The van der Waals surface area contributed by atoms with Crippen molar-refractivity contribution in [3.63, 3.8) is 0 Å². The molecule has 0 spiro atoms. The topological polar surface area (TPSA) is 23.8 Å². The molecule has 0 N–H and O–H groups in total. The molecule has 2 heteroatoms. The van der Waals surface area contributed by atoms with Crippen LogP contribution in [0.2, 0.25) is 5.02 Å². The Morgan fingerprint density at radius 2 is 1.89 bits per heavy atom. The molecule has 0 aliphatic heterocycles. The second-order valence-electron chi connectivity index (χ2n) is 4.59. The molecular weight excluding hydrogens is 242 g/mol. The van der Waals surface area contributed by atoms with Gasteiger partial charge in [0.15, 0.2) is 0 Å². The van der Waals surface area contributed by atoms with E-state index < -0.39 is 0 Å². The van der Waals surface area contributed by atoms with Crippen molar-refractivity contribution in [3.8, 4) is 17.2 Å². The molecule has 0 bridgehead atoms. The Kier molecular flexibility index (Phi) is 3.69. The van der Waals surface area contributed by atoms with E-state index in [-0.39, 0.29) is 0 Å². The van der Waals surface area contributed by atoms with E-state index in [1.807, 2.05) is 18.2 Å². The lowest BCUT2D eigenvalue weighted by Crippen LogP contribution is -1.88. The molecule has 0 aliphatic rings. The summed E-state index contributed by atoms with van der Waals surface area (Å²) in [6.07, 6.45) is 0. The van der Waals surface area contributed by atoms with Crippen LogP contribution in [0.5, 0.6) is 0 Å². The molecule has 0 heterocycles. The minimum Gasteiger partial charge on any atom is -0.192 e. The molecule has 2 aromatic rings. The number of hydrogen-bond acceptors (Lipinski definition) is 1. The van der Waals surface area contributed by atoms with Gasteiger partial charge >= 0.3 is 0 Å². The lowest BCUT2D eigenvalue weighted by atomic mass is 9.97. The van der Waals surface area contributed by atoms with Gasteiger partial charge in [-0.3, -0.25) is 0 Å². The summed E-state index contributed by atoms with van der Waals surface area (Å²) in [7, 11) is 0. The van der Waals surface area contributed by atoms with Crippen LogP contribution in [-0.4, -0.2) is 0 Å². The van der Waals surface area contributed by atoms with Crippen molar-refractivity contribution in [1.82, 2.24) is 0 Å². The van der Waals surface area contributed by atoms with Crippen molar-refractivity contribution >= 4 is 11.6 Å². The molecule has 0 amide bonds. The Hall–Kier alpha value is -1.78. The highest BCUT2D eigenvalue weighted by Gasteiger charge is 2.06. The molecular formula is C16H14ClN. The van der Waals surface area contributed by atoms with E-state index in [0.717, 1.165) is 11.1 Å². The summed E-state index contributed by atoms with van der Waals surface area (Å²) in [5.74, 6) is 0.488. The van der Waals surface area contributed by atoms with E-state index in [4.69, 9.17) is 16.9 Å². The second kappa shape index (κ2) is 5.25. The molecule has 1 nitrogen and oxygen atoms in total. The van der Waals surface area contributed by atoms with Gasteiger partial charge in [0.05, 0.1) is 11.6 Å². The van der Waals surface area contributed by atoms with Gasteiger partial charge in [-0.05, 0) is 29.2 Å². The molecule has 0 unspecified atom stereocenters. The predicted octanol–water partition coefficient (Wildman–Crippen LogP) is 5.00. The fourth-order valence-corrected chi connectivity index (χ4v) is 2.17. The largest absolute Gasteiger partial charge is 0.192 e. The van der Waals surface area contributed by atoms with Gasteiger partial charge in [0.1, 0.15) is 0 Å². The zero-order valence-corrected chi connectivity index (χ0v) is 11.2. The maximum Gasteiger partial charge on any atom is 0.0992 e. The molecule has 90 valence electrons. The van der Waals surface area contributed by atoms with Gasteiger partial charge in [0, 0.05) is 10.6 Å². The van der Waals surface area contributed by atoms with Crippen LogP contribution in [-0.2, 0) is 0 Å². The van der Waals surface area contributed by atoms with Crippen LogP contribution < -0.4 is 0 Å². The highest BCUT2D eigenvalue weighted by molar-refractivity contribution is 6.33. The van der Waals surface area contributed by atoms with E-state index in [0.29, 0.717) is 16.5 Å². The van der Waals surface area contributed by atoms with E-state index in [1.54, 1.807) is 12.1 Å².